The number of aliphatic carboxylic acids is 1. The summed E-state index contributed by atoms with van der Waals surface area (Å²) in [5.74, 6) is -0.424. The Labute approximate surface area is 116 Å². The van der Waals surface area contributed by atoms with Crippen LogP contribution in [0.3, 0.4) is 0 Å². The summed E-state index contributed by atoms with van der Waals surface area (Å²) >= 11 is 0. The first-order chi connectivity index (χ1) is 8.91. The van der Waals surface area contributed by atoms with Crippen molar-refractivity contribution in [1.82, 2.24) is 5.32 Å². The van der Waals surface area contributed by atoms with E-state index in [1.807, 2.05) is 13.8 Å². The minimum Gasteiger partial charge on any atom is -0.481 e. The molecular formula is C15H27NO3. The minimum atomic E-state index is -0.814. The Morgan fingerprint density at radius 1 is 1.26 bits per heavy atom. The molecule has 1 amide bonds. The van der Waals surface area contributed by atoms with Crippen LogP contribution in [0.1, 0.15) is 52.9 Å². The molecule has 0 aromatic carbocycles. The number of amides is 1. The van der Waals surface area contributed by atoms with Crippen LogP contribution in [0.5, 0.6) is 0 Å². The standard InChI is InChI=1S/C15H27NO3/c1-10(2)8-12(15(18)19)9-16-14(17)13-7-5-4-6-11(13)3/h10-13H,4-9H2,1-3H3,(H,16,17)(H,18,19). The molecule has 0 saturated heterocycles. The molecule has 0 radical (unpaired) electrons. The first-order valence-corrected chi connectivity index (χ1v) is 7.42. The highest BCUT2D eigenvalue weighted by Crippen LogP contribution is 2.29. The van der Waals surface area contributed by atoms with Crippen LogP contribution in [0, 0.1) is 23.7 Å². The van der Waals surface area contributed by atoms with Gasteiger partial charge in [0.1, 0.15) is 0 Å². The van der Waals surface area contributed by atoms with Crippen molar-refractivity contribution in [3.63, 3.8) is 0 Å². The largest absolute Gasteiger partial charge is 0.481 e. The lowest BCUT2D eigenvalue weighted by Crippen LogP contribution is -2.40. The third kappa shape index (κ3) is 5.21. The number of rotatable bonds is 6. The molecule has 0 aliphatic heterocycles. The van der Waals surface area contributed by atoms with Crippen LogP contribution in [0.25, 0.3) is 0 Å². The summed E-state index contributed by atoms with van der Waals surface area (Å²) in [6.45, 7) is 6.38. The Kier molecular flexibility index (Phi) is 6.32. The number of carboxylic acids is 1. The Hall–Kier alpha value is -1.06. The quantitative estimate of drug-likeness (QED) is 0.779. The number of hydrogen-bond donors (Lipinski definition) is 2. The number of carbonyl (C=O) groups is 2. The molecule has 0 spiro atoms. The van der Waals surface area contributed by atoms with Gasteiger partial charge in [0.15, 0.2) is 0 Å². The molecule has 4 nitrogen and oxygen atoms in total. The van der Waals surface area contributed by atoms with Crippen LogP contribution < -0.4 is 5.32 Å². The Morgan fingerprint density at radius 3 is 2.42 bits per heavy atom. The maximum Gasteiger partial charge on any atom is 0.308 e. The third-order valence-corrected chi connectivity index (χ3v) is 4.08. The van der Waals surface area contributed by atoms with Crippen molar-refractivity contribution in [2.24, 2.45) is 23.7 Å². The third-order valence-electron chi connectivity index (χ3n) is 4.08. The first-order valence-electron chi connectivity index (χ1n) is 7.42. The second-order valence-corrected chi connectivity index (χ2v) is 6.28. The summed E-state index contributed by atoms with van der Waals surface area (Å²) in [6, 6.07) is 0. The average molecular weight is 269 g/mol. The molecule has 1 aliphatic carbocycles. The van der Waals surface area contributed by atoms with Gasteiger partial charge in [0, 0.05) is 12.5 Å². The molecule has 0 bridgehead atoms. The Morgan fingerprint density at radius 2 is 1.89 bits per heavy atom. The molecule has 0 aromatic heterocycles. The Balaban J connectivity index is 2.44. The van der Waals surface area contributed by atoms with Gasteiger partial charge in [-0.3, -0.25) is 9.59 Å². The van der Waals surface area contributed by atoms with Crippen LogP contribution in [0.15, 0.2) is 0 Å². The molecule has 3 unspecified atom stereocenters. The van der Waals surface area contributed by atoms with E-state index in [1.165, 1.54) is 6.42 Å². The molecule has 1 aliphatic rings. The lowest BCUT2D eigenvalue weighted by Gasteiger charge is -2.28. The predicted molar refractivity (Wildman–Crippen MR) is 74.7 cm³/mol. The number of carbonyl (C=O) groups excluding carboxylic acids is 1. The zero-order chi connectivity index (χ0) is 14.4. The Bertz CT molecular complexity index is 315. The van der Waals surface area contributed by atoms with Gasteiger partial charge >= 0.3 is 5.97 Å². The summed E-state index contributed by atoms with van der Waals surface area (Å²) in [5, 5.41) is 12.0. The van der Waals surface area contributed by atoms with E-state index in [-0.39, 0.29) is 18.4 Å². The number of carboxylic acid groups (broad SMARTS) is 1. The smallest absolute Gasteiger partial charge is 0.308 e. The van der Waals surface area contributed by atoms with E-state index < -0.39 is 11.9 Å². The fraction of sp³-hybridized carbons (Fsp3) is 0.867. The second-order valence-electron chi connectivity index (χ2n) is 6.28. The second kappa shape index (κ2) is 7.51. The molecule has 0 aromatic rings. The highest BCUT2D eigenvalue weighted by molar-refractivity contribution is 5.80. The predicted octanol–water partition coefficient (Wildman–Crippen LogP) is 2.68. The van der Waals surface area contributed by atoms with Crippen LogP contribution >= 0.6 is 0 Å². The molecular weight excluding hydrogens is 242 g/mol. The van der Waals surface area contributed by atoms with Crippen molar-refractivity contribution >= 4 is 11.9 Å². The fourth-order valence-electron chi connectivity index (χ4n) is 2.90. The zero-order valence-corrected chi connectivity index (χ0v) is 12.3. The van der Waals surface area contributed by atoms with Gasteiger partial charge in [0.05, 0.1) is 5.92 Å². The van der Waals surface area contributed by atoms with Gasteiger partial charge in [-0.2, -0.15) is 0 Å². The number of nitrogens with one attached hydrogen (secondary N) is 1. The summed E-state index contributed by atoms with van der Waals surface area (Å²) in [4.78, 5) is 23.3. The summed E-state index contributed by atoms with van der Waals surface area (Å²) in [6.07, 6.45) is 4.96. The van der Waals surface area contributed by atoms with E-state index in [9.17, 15) is 9.59 Å². The van der Waals surface area contributed by atoms with Gasteiger partial charge in [0.2, 0.25) is 5.91 Å². The van der Waals surface area contributed by atoms with E-state index in [0.29, 0.717) is 18.3 Å². The van der Waals surface area contributed by atoms with E-state index in [0.717, 1.165) is 19.3 Å². The van der Waals surface area contributed by atoms with Gasteiger partial charge in [-0.05, 0) is 31.1 Å². The van der Waals surface area contributed by atoms with Crippen LogP contribution in [0.4, 0.5) is 0 Å². The van der Waals surface area contributed by atoms with Gasteiger partial charge in [-0.1, -0.05) is 33.6 Å². The van der Waals surface area contributed by atoms with E-state index >= 15 is 0 Å². The van der Waals surface area contributed by atoms with Gasteiger partial charge in [0.25, 0.3) is 0 Å². The molecule has 0 heterocycles. The van der Waals surface area contributed by atoms with Crippen molar-refractivity contribution in [3.8, 4) is 0 Å². The van der Waals surface area contributed by atoms with Crippen LogP contribution in [-0.4, -0.2) is 23.5 Å². The summed E-state index contributed by atoms with van der Waals surface area (Å²) in [5.41, 5.74) is 0. The van der Waals surface area contributed by atoms with Crippen molar-refractivity contribution in [1.29, 1.82) is 0 Å². The van der Waals surface area contributed by atoms with Gasteiger partial charge < -0.3 is 10.4 Å². The van der Waals surface area contributed by atoms with Crippen LogP contribution in [-0.2, 0) is 9.59 Å². The highest BCUT2D eigenvalue weighted by atomic mass is 16.4. The van der Waals surface area contributed by atoms with Gasteiger partial charge in [-0.25, -0.2) is 0 Å². The molecule has 3 atom stereocenters. The maximum absolute atomic E-state index is 12.1. The van der Waals surface area contributed by atoms with Crippen LogP contribution in [0.2, 0.25) is 0 Å². The molecule has 110 valence electrons. The minimum absolute atomic E-state index is 0.0437. The molecule has 1 fully saturated rings. The van der Waals surface area contributed by atoms with Crippen molar-refractivity contribution in [3.05, 3.63) is 0 Å². The van der Waals surface area contributed by atoms with E-state index in [4.69, 9.17) is 5.11 Å². The fourth-order valence-corrected chi connectivity index (χ4v) is 2.90. The molecule has 1 rings (SSSR count). The summed E-state index contributed by atoms with van der Waals surface area (Å²) in [7, 11) is 0. The van der Waals surface area contributed by atoms with Crippen molar-refractivity contribution in [2.75, 3.05) is 6.54 Å². The summed E-state index contributed by atoms with van der Waals surface area (Å²) < 4.78 is 0. The average Bonchev–Trinajstić information content (AvgIpc) is 2.34. The van der Waals surface area contributed by atoms with E-state index in [2.05, 4.69) is 12.2 Å². The maximum atomic E-state index is 12.1. The SMILES string of the molecule is CC(C)CC(CNC(=O)C1CCCCC1C)C(=O)O. The molecule has 19 heavy (non-hydrogen) atoms. The van der Waals surface area contributed by atoms with Crippen molar-refractivity contribution in [2.45, 2.75) is 52.9 Å². The first kappa shape index (κ1) is 16.0. The highest BCUT2D eigenvalue weighted by Gasteiger charge is 2.28. The topological polar surface area (TPSA) is 66.4 Å². The zero-order valence-electron chi connectivity index (χ0n) is 12.3. The van der Waals surface area contributed by atoms with E-state index in [1.54, 1.807) is 0 Å². The lowest BCUT2D eigenvalue weighted by molar-refractivity contribution is -0.142. The molecule has 4 heteroatoms. The molecule has 1 saturated carbocycles. The monoisotopic (exact) mass is 269 g/mol. The normalized spacial score (nSPS) is 25.1. The number of hydrogen-bond acceptors (Lipinski definition) is 2. The van der Waals surface area contributed by atoms with Crippen molar-refractivity contribution < 1.29 is 14.7 Å². The lowest BCUT2D eigenvalue weighted by atomic mass is 9.80. The molecule has 2 N–H and O–H groups in total. The van der Waals surface area contributed by atoms with Gasteiger partial charge in [-0.15, -0.1) is 0 Å².